The summed E-state index contributed by atoms with van der Waals surface area (Å²) in [6, 6.07) is 8.73. The fourth-order valence-corrected chi connectivity index (χ4v) is 2.70. The van der Waals surface area contributed by atoms with Crippen LogP contribution in [-0.4, -0.2) is 23.2 Å². The summed E-state index contributed by atoms with van der Waals surface area (Å²) in [6.07, 6.45) is 5.97. The van der Waals surface area contributed by atoms with Gasteiger partial charge in [0.1, 0.15) is 5.75 Å². The molecule has 1 N–H and O–H groups in total. The minimum Gasteiger partial charge on any atom is -0.497 e. The molecule has 0 radical (unpaired) electrons. The van der Waals surface area contributed by atoms with Gasteiger partial charge in [0, 0.05) is 25.0 Å². The Morgan fingerprint density at radius 1 is 1.23 bits per heavy atom. The van der Waals surface area contributed by atoms with E-state index in [1.54, 1.807) is 7.11 Å². The summed E-state index contributed by atoms with van der Waals surface area (Å²) in [4.78, 5) is 4.16. The molecule has 4 heteroatoms. The highest BCUT2D eigenvalue weighted by atomic mass is 16.5. The minimum atomic E-state index is 0.373. The molecule has 4 nitrogen and oxygen atoms in total. The van der Waals surface area contributed by atoms with Gasteiger partial charge in [0.15, 0.2) is 0 Å². The molecule has 0 aliphatic rings. The molecule has 0 saturated carbocycles. The first-order valence-corrected chi connectivity index (χ1v) is 7.94. The Bertz CT molecular complexity index is 560. The number of hydrogen-bond acceptors (Lipinski definition) is 3. The topological polar surface area (TPSA) is 39.1 Å². The third-order valence-corrected chi connectivity index (χ3v) is 4.03. The SMILES string of the molecule is COc1ccc(C(NCCCc2cncn2C)C(C)C)cc1. The van der Waals surface area contributed by atoms with E-state index in [0.717, 1.165) is 25.1 Å². The molecule has 2 rings (SSSR count). The molecule has 1 aromatic carbocycles. The zero-order valence-corrected chi connectivity index (χ0v) is 14.0. The number of methoxy groups -OCH3 is 1. The number of hydrogen-bond donors (Lipinski definition) is 1. The highest BCUT2D eigenvalue weighted by Gasteiger charge is 2.15. The lowest BCUT2D eigenvalue weighted by molar-refractivity contribution is 0.403. The molecule has 22 heavy (non-hydrogen) atoms. The van der Waals surface area contributed by atoms with E-state index < -0.39 is 0 Å². The van der Waals surface area contributed by atoms with Crippen LogP contribution < -0.4 is 10.1 Å². The first kappa shape index (κ1) is 16.6. The van der Waals surface area contributed by atoms with E-state index >= 15 is 0 Å². The fraction of sp³-hybridized carbons (Fsp3) is 0.500. The Morgan fingerprint density at radius 2 is 1.95 bits per heavy atom. The van der Waals surface area contributed by atoms with Crippen LogP contribution in [0.3, 0.4) is 0 Å². The molecule has 1 aromatic heterocycles. The van der Waals surface area contributed by atoms with Crippen molar-refractivity contribution in [3.8, 4) is 5.75 Å². The van der Waals surface area contributed by atoms with Crippen molar-refractivity contribution < 1.29 is 4.74 Å². The van der Waals surface area contributed by atoms with E-state index in [1.165, 1.54) is 11.3 Å². The van der Waals surface area contributed by atoms with Crippen molar-refractivity contribution in [2.24, 2.45) is 13.0 Å². The molecular weight excluding hydrogens is 274 g/mol. The van der Waals surface area contributed by atoms with Gasteiger partial charge in [0.2, 0.25) is 0 Å². The van der Waals surface area contributed by atoms with Crippen molar-refractivity contribution in [2.45, 2.75) is 32.7 Å². The molecule has 0 fully saturated rings. The molecule has 0 bridgehead atoms. The summed E-state index contributed by atoms with van der Waals surface area (Å²) in [5.41, 5.74) is 2.60. The smallest absolute Gasteiger partial charge is 0.118 e. The van der Waals surface area contributed by atoms with Crippen molar-refractivity contribution in [3.63, 3.8) is 0 Å². The van der Waals surface area contributed by atoms with Gasteiger partial charge in [-0.2, -0.15) is 0 Å². The van der Waals surface area contributed by atoms with Crippen molar-refractivity contribution in [1.82, 2.24) is 14.9 Å². The number of nitrogens with zero attached hydrogens (tertiary/aromatic N) is 2. The van der Waals surface area contributed by atoms with Crippen LogP contribution in [0, 0.1) is 5.92 Å². The predicted octanol–water partition coefficient (Wildman–Crippen LogP) is 3.35. The fourth-order valence-electron chi connectivity index (χ4n) is 2.70. The van der Waals surface area contributed by atoms with Gasteiger partial charge >= 0.3 is 0 Å². The van der Waals surface area contributed by atoms with E-state index in [9.17, 15) is 0 Å². The number of nitrogens with one attached hydrogen (secondary N) is 1. The van der Waals surface area contributed by atoms with Crippen LogP contribution >= 0.6 is 0 Å². The van der Waals surface area contributed by atoms with Crippen LogP contribution in [0.25, 0.3) is 0 Å². The monoisotopic (exact) mass is 301 g/mol. The van der Waals surface area contributed by atoms with Gasteiger partial charge < -0.3 is 14.6 Å². The van der Waals surface area contributed by atoms with Gasteiger partial charge in [-0.25, -0.2) is 4.98 Å². The molecule has 120 valence electrons. The Morgan fingerprint density at radius 3 is 2.50 bits per heavy atom. The number of imidazole rings is 1. The lowest BCUT2D eigenvalue weighted by Gasteiger charge is -2.23. The van der Waals surface area contributed by atoms with Gasteiger partial charge in [-0.15, -0.1) is 0 Å². The zero-order valence-electron chi connectivity index (χ0n) is 14.0. The first-order chi connectivity index (χ1) is 10.6. The maximum Gasteiger partial charge on any atom is 0.118 e. The number of ether oxygens (including phenoxy) is 1. The summed E-state index contributed by atoms with van der Waals surface area (Å²) in [7, 11) is 3.75. The lowest BCUT2D eigenvalue weighted by Crippen LogP contribution is -2.27. The molecule has 0 aliphatic carbocycles. The summed E-state index contributed by atoms with van der Waals surface area (Å²) >= 11 is 0. The number of rotatable bonds is 8. The quantitative estimate of drug-likeness (QED) is 0.760. The summed E-state index contributed by atoms with van der Waals surface area (Å²) in [6.45, 7) is 5.51. The Balaban J connectivity index is 1.87. The largest absolute Gasteiger partial charge is 0.497 e. The second-order valence-corrected chi connectivity index (χ2v) is 6.05. The minimum absolute atomic E-state index is 0.373. The van der Waals surface area contributed by atoms with Gasteiger partial charge in [-0.05, 0) is 43.0 Å². The Kier molecular flexibility index (Phi) is 6.01. The van der Waals surface area contributed by atoms with Gasteiger partial charge in [0.25, 0.3) is 0 Å². The second-order valence-electron chi connectivity index (χ2n) is 6.05. The molecule has 1 atom stereocenters. The average Bonchev–Trinajstić information content (AvgIpc) is 2.92. The van der Waals surface area contributed by atoms with Crippen LogP contribution in [0.1, 0.15) is 37.6 Å². The average molecular weight is 301 g/mol. The van der Waals surface area contributed by atoms with E-state index in [0.29, 0.717) is 12.0 Å². The predicted molar refractivity (Wildman–Crippen MR) is 90.1 cm³/mol. The highest BCUT2D eigenvalue weighted by molar-refractivity contribution is 5.29. The maximum atomic E-state index is 5.23. The molecule has 2 aromatic rings. The molecule has 1 unspecified atom stereocenters. The van der Waals surface area contributed by atoms with Crippen molar-refractivity contribution >= 4 is 0 Å². The van der Waals surface area contributed by atoms with Crippen molar-refractivity contribution in [2.75, 3.05) is 13.7 Å². The summed E-state index contributed by atoms with van der Waals surface area (Å²) < 4.78 is 7.32. The van der Waals surface area contributed by atoms with E-state index in [1.807, 2.05) is 31.7 Å². The number of aryl methyl sites for hydroxylation is 2. The second kappa shape index (κ2) is 7.99. The highest BCUT2D eigenvalue weighted by Crippen LogP contribution is 2.23. The first-order valence-electron chi connectivity index (χ1n) is 7.94. The molecule has 0 spiro atoms. The molecule has 1 heterocycles. The van der Waals surface area contributed by atoms with Crippen LogP contribution in [0.5, 0.6) is 5.75 Å². The standard InChI is InChI=1S/C18H27N3O/c1-14(2)18(15-7-9-17(22-4)10-8-15)20-11-5-6-16-12-19-13-21(16)3/h7-10,12-14,18,20H,5-6,11H2,1-4H3. The van der Waals surface area contributed by atoms with Crippen LogP contribution in [0.2, 0.25) is 0 Å². The van der Waals surface area contributed by atoms with E-state index in [-0.39, 0.29) is 0 Å². The Hall–Kier alpha value is -1.81. The number of aromatic nitrogens is 2. The third-order valence-electron chi connectivity index (χ3n) is 4.03. The normalized spacial score (nSPS) is 12.6. The molecule has 0 aliphatic heterocycles. The van der Waals surface area contributed by atoms with E-state index in [2.05, 4.69) is 40.8 Å². The van der Waals surface area contributed by atoms with Gasteiger partial charge in [0.05, 0.1) is 13.4 Å². The van der Waals surface area contributed by atoms with Gasteiger partial charge in [-0.1, -0.05) is 26.0 Å². The third kappa shape index (κ3) is 4.34. The molecule has 0 amide bonds. The zero-order chi connectivity index (χ0) is 15.9. The van der Waals surface area contributed by atoms with E-state index in [4.69, 9.17) is 4.74 Å². The van der Waals surface area contributed by atoms with Crippen LogP contribution in [0.15, 0.2) is 36.8 Å². The lowest BCUT2D eigenvalue weighted by atomic mass is 9.96. The summed E-state index contributed by atoms with van der Waals surface area (Å²) in [5.74, 6) is 1.45. The van der Waals surface area contributed by atoms with Crippen LogP contribution in [0.4, 0.5) is 0 Å². The number of benzene rings is 1. The van der Waals surface area contributed by atoms with Crippen LogP contribution in [-0.2, 0) is 13.5 Å². The van der Waals surface area contributed by atoms with Gasteiger partial charge in [-0.3, -0.25) is 0 Å². The Labute approximate surface area is 133 Å². The summed E-state index contributed by atoms with van der Waals surface area (Å²) in [5, 5.41) is 3.68. The van der Waals surface area contributed by atoms with Crippen molar-refractivity contribution in [1.29, 1.82) is 0 Å². The van der Waals surface area contributed by atoms with Crippen molar-refractivity contribution in [3.05, 3.63) is 48.0 Å². The molecule has 0 saturated heterocycles. The molecular formula is C18H27N3O. The maximum absolute atomic E-state index is 5.23.